The van der Waals surface area contributed by atoms with Crippen molar-refractivity contribution in [3.8, 4) is 11.4 Å². The number of halogens is 4. The van der Waals surface area contributed by atoms with Crippen molar-refractivity contribution < 1.29 is 45.8 Å². The Morgan fingerprint density at radius 3 is 2.24 bits per heavy atom. The maximum atomic E-state index is 15.8. The molecule has 1 atom stereocenters. The highest BCUT2D eigenvalue weighted by Gasteiger charge is 2.52. The summed E-state index contributed by atoms with van der Waals surface area (Å²) in [6, 6.07) is 23.3. The largest absolute Gasteiger partial charge is 0.737 e. The monoisotopic (exact) mass is 1030 g/mol. The van der Waals surface area contributed by atoms with Gasteiger partial charge in [0, 0.05) is 74.2 Å². The van der Waals surface area contributed by atoms with E-state index in [0.29, 0.717) is 64.8 Å². The van der Waals surface area contributed by atoms with Gasteiger partial charge in [-0.3, -0.25) is 19.2 Å². The zero-order valence-corrected chi connectivity index (χ0v) is 41.8. The summed E-state index contributed by atoms with van der Waals surface area (Å²) in [6.45, 7) is -1.34. The van der Waals surface area contributed by atoms with Crippen LogP contribution in [0, 0.1) is 25.5 Å². The molecule has 0 bridgehead atoms. The van der Waals surface area contributed by atoms with E-state index in [1.54, 1.807) is 80.7 Å². The lowest BCUT2D eigenvalue weighted by Crippen LogP contribution is -2.50. The molecule has 7 N–H and O–H groups in total. The molecule has 0 radical (unpaired) electrons. The zero-order chi connectivity index (χ0) is 53.4. The van der Waals surface area contributed by atoms with Crippen molar-refractivity contribution in [1.82, 2.24) is 35.4 Å². The number of carbonyl (C=O) groups is 4. The molecule has 75 heavy (non-hydrogen) atoms. The van der Waals surface area contributed by atoms with E-state index < -0.39 is 54.6 Å². The summed E-state index contributed by atoms with van der Waals surface area (Å²) >= 11 is 0. The van der Waals surface area contributed by atoms with Crippen molar-refractivity contribution in [2.75, 3.05) is 43.0 Å². The Morgan fingerprint density at radius 1 is 0.840 bits per heavy atom. The van der Waals surface area contributed by atoms with E-state index in [0.717, 1.165) is 38.0 Å². The van der Waals surface area contributed by atoms with E-state index in [1.807, 2.05) is 43.3 Å². The number of aromatic nitrogens is 4. The zero-order valence-electron chi connectivity index (χ0n) is 41.8. The molecule has 0 saturated heterocycles. The van der Waals surface area contributed by atoms with Gasteiger partial charge >= 0.3 is 6.97 Å². The van der Waals surface area contributed by atoms with E-state index in [-0.39, 0.29) is 49.4 Å². The maximum Gasteiger partial charge on any atom is 0.737 e. The highest BCUT2D eigenvalue weighted by molar-refractivity contribution is 6.58. The second-order valence-electron chi connectivity index (χ2n) is 18.5. The molecule has 2 aliphatic rings. The number of ketones is 1. The molecule has 2 aromatic heterocycles. The molecule has 0 aliphatic carbocycles. The van der Waals surface area contributed by atoms with Crippen molar-refractivity contribution in [2.24, 2.45) is 5.73 Å². The minimum atomic E-state index is -4.15. The van der Waals surface area contributed by atoms with E-state index in [2.05, 4.69) is 37.1 Å². The first-order chi connectivity index (χ1) is 36.0. The maximum absolute atomic E-state index is 15.8. The fraction of sp³-hybridized carbons (Fsp3) is 0.264. The number of nitrogens with two attached hydrogens (primary N) is 1. The minimum Gasteiger partial charge on any atom is -0.480 e. The summed E-state index contributed by atoms with van der Waals surface area (Å²) in [4.78, 5) is 54.9. The molecular weight excluding hydrogens is 971 g/mol. The lowest BCUT2D eigenvalue weighted by Gasteiger charge is -2.30. The van der Waals surface area contributed by atoms with Gasteiger partial charge in [-0.15, -0.1) is 5.10 Å². The number of amides is 3. The average Bonchev–Trinajstić information content (AvgIpc) is 4.13. The molecule has 17 nitrogen and oxygen atoms in total. The van der Waals surface area contributed by atoms with Crippen LogP contribution in [0.5, 0.6) is 5.75 Å². The molecule has 1 unspecified atom stereocenters. The van der Waals surface area contributed by atoms with Crippen molar-refractivity contribution >= 4 is 59.3 Å². The molecule has 2 aliphatic heterocycles. The summed E-state index contributed by atoms with van der Waals surface area (Å²) in [5, 5.41) is 16.4. The summed E-state index contributed by atoms with van der Waals surface area (Å²) in [6.07, 6.45) is 7.74. The van der Waals surface area contributed by atoms with Gasteiger partial charge in [-0.05, 0) is 141 Å². The molecule has 0 spiro atoms. The number of nitrogens with one attached hydrogen (secondary N) is 5. The van der Waals surface area contributed by atoms with Gasteiger partial charge < -0.3 is 59.8 Å². The summed E-state index contributed by atoms with van der Waals surface area (Å²) in [7, 11) is 3.91. The summed E-state index contributed by atoms with van der Waals surface area (Å²) < 4.78 is 71.1. The van der Waals surface area contributed by atoms with Gasteiger partial charge in [0.05, 0.1) is 35.8 Å². The molecule has 0 saturated carbocycles. The van der Waals surface area contributed by atoms with Crippen LogP contribution in [0.2, 0.25) is 0 Å². The molecule has 4 heterocycles. The van der Waals surface area contributed by atoms with Crippen molar-refractivity contribution in [3.05, 3.63) is 166 Å². The summed E-state index contributed by atoms with van der Waals surface area (Å²) in [5.74, 6) is -5.08. The predicted octanol–water partition coefficient (Wildman–Crippen LogP) is 6.97. The lowest BCUT2D eigenvalue weighted by molar-refractivity contribution is -0.362. The first-order valence-electron chi connectivity index (χ1n) is 24.3. The number of aryl methyl sites for hydroxylation is 2. The number of benzene rings is 4. The Bertz CT molecular complexity index is 3180. The number of Topliss-reactive ketones (excluding diaryl/α,β-unsaturated/α-hetero) is 1. The van der Waals surface area contributed by atoms with E-state index in [4.69, 9.17) is 10.5 Å². The van der Waals surface area contributed by atoms with Crippen LogP contribution in [0.25, 0.3) is 11.8 Å². The van der Waals surface area contributed by atoms with Crippen molar-refractivity contribution in [3.63, 3.8) is 0 Å². The van der Waals surface area contributed by atoms with Crippen molar-refractivity contribution in [2.45, 2.75) is 65.1 Å². The summed E-state index contributed by atoms with van der Waals surface area (Å²) in [5.41, 5.74) is 18.3. The smallest absolute Gasteiger partial charge is 0.480 e. The molecule has 0 fully saturated rings. The number of nitrogens with zero attached hydrogens (tertiary/aromatic N) is 6. The number of hydrazine groups is 1. The van der Waals surface area contributed by atoms with Gasteiger partial charge in [-0.1, -0.05) is 11.3 Å². The standard InChI is InChI=1S/C53H57BF4N12O5/c1-33-24-34(2)69-48(33)28-44-20-19-42(70(44)54(69,57)58)21-22-50(72)60-30-40-31-68(66-65-40)43-9-7-8-37(27-43)53(74)62-47(10-5-6-23-59)49(71)32-75-51-45(55)25-35(26-46(51)56)29-61-52(73)36-11-13-38(14-12-36)63-64-39-15-17-41(18-16-39)67(3)4/h7-9,11-20,24-28,31,47,63-64H,5-6,10,21-23,29-30,32,59H2,1-4H3,(H,60,72)(H,61,73)(H,62,74). The number of unbranched alkanes of at least 4 members (excludes halogenated alkanes) is 1. The third-order valence-corrected chi connectivity index (χ3v) is 12.8. The van der Waals surface area contributed by atoms with Crippen molar-refractivity contribution in [1.29, 1.82) is 0 Å². The highest BCUT2D eigenvalue weighted by atomic mass is 19.2. The highest BCUT2D eigenvalue weighted by Crippen LogP contribution is 2.35. The normalized spacial score (nSPS) is 13.6. The molecule has 3 amide bonds. The molecule has 6 aromatic rings. The van der Waals surface area contributed by atoms with Gasteiger partial charge in [0.15, 0.2) is 28.9 Å². The quantitative estimate of drug-likeness (QED) is 0.0167. The Hall–Kier alpha value is -8.53. The van der Waals surface area contributed by atoms with Crippen LogP contribution >= 0.6 is 0 Å². The SMILES string of the molecule is Cc1cc(C)n2c1C=C1C=CC(CCC(=O)NCc3cn(-c4cccc(C(=O)NC(CCCCN)C(=O)COc5c(F)cc(CNC(=O)c6ccc(NNc7ccc(N(C)C)cc7)cc6)cc5F)c4)nn3)=[N+]1[B-]2(F)F. The topological polar surface area (TPSA) is 206 Å². The Kier molecular flexibility index (Phi) is 16.3. The molecule has 390 valence electrons. The second-order valence-corrected chi connectivity index (χ2v) is 18.5. The number of hydrogen-bond donors (Lipinski definition) is 6. The molecule has 4 aromatic carbocycles. The predicted molar refractivity (Wildman–Crippen MR) is 279 cm³/mol. The Labute approximate surface area is 430 Å². The van der Waals surface area contributed by atoms with E-state index >= 15 is 17.4 Å². The van der Waals surface area contributed by atoms with E-state index in [9.17, 15) is 19.2 Å². The molecular formula is C53H57BF4N12O5. The number of anilines is 3. The Balaban J connectivity index is 0.810. The van der Waals surface area contributed by atoms with Crippen LogP contribution in [-0.2, 0) is 22.7 Å². The number of ether oxygens (including phenoxy) is 1. The van der Waals surface area contributed by atoms with Gasteiger partial charge in [0.1, 0.15) is 18.0 Å². The first kappa shape index (κ1) is 52.8. The molecule has 8 rings (SSSR count). The van der Waals surface area contributed by atoms with Crippen LogP contribution < -0.4 is 42.2 Å². The van der Waals surface area contributed by atoms with Gasteiger partial charge in [-0.2, -0.15) is 0 Å². The van der Waals surface area contributed by atoms with E-state index in [1.165, 1.54) is 16.8 Å². The Morgan fingerprint density at radius 2 is 1.55 bits per heavy atom. The van der Waals surface area contributed by atoms with Crippen LogP contribution in [0.4, 0.5) is 34.5 Å². The minimum absolute atomic E-state index is 0.00298. The fourth-order valence-corrected chi connectivity index (χ4v) is 8.83. The van der Waals surface area contributed by atoms with Gasteiger partial charge in [0.25, 0.3) is 11.8 Å². The van der Waals surface area contributed by atoms with Crippen LogP contribution in [0.3, 0.4) is 0 Å². The first-order valence-corrected chi connectivity index (χ1v) is 24.3. The van der Waals surface area contributed by atoms with Crippen LogP contribution in [0.15, 0.2) is 115 Å². The number of fused-ring (bicyclic) bond motifs is 2. The third-order valence-electron chi connectivity index (χ3n) is 12.8. The molecule has 22 heteroatoms. The van der Waals surface area contributed by atoms with Crippen LogP contribution in [-0.4, -0.2) is 93.4 Å². The number of rotatable bonds is 23. The number of hydrogen-bond acceptors (Lipinski definition) is 11. The van der Waals surface area contributed by atoms with Gasteiger partial charge in [0.2, 0.25) is 5.91 Å². The number of allylic oxidation sites excluding steroid dienone is 2. The fourth-order valence-electron chi connectivity index (χ4n) is 8.83. The lowest BCUT2D eigenvalue weighted by atomic mass is 9.90. The van der Waals surface area contributed by atoms with Crippen LogP contribution in [0.1, 0.15) is 81.0 Å². The second kappa shape index (κ2) is 23.1. The third kappa shape index (κ3) is 12.5. The van der Waals surface area contributed by atoms with Gasteiger partial charge in [-0.25, -0.2) is 13.5 Å². The average molecular weight is 1030 g/mol. The number of carbonyl (C=O) groups excluding carboxylic acids is 4.